The first-order valence-electron chi connectivity index (χ1n) is 7.99. The average molecular weight is 348 g/mol. The topological polar surface area (TPSA) is 51.2 Å². The number of hydrogen-bond acceptors (Lipinski definition) is 4. The fourth-order valence-electron chi connectivity index (χ4n) is 2.68. The molecule has 0 aliphatic rings. The van der Waals surface area contributed by atoms with Crippen molar-refractivity contribution in [2.45, 2.75) is 6.61 Å². The summed E-state index contributed by atoms with van der Waals surface area (Å²) in [5, 5.41) is 5.98. The third-order valence-electron chi connectivity index (χ3n) is 3.83. The summed E-state index contributed by atoms with van der Waals surface area (Å²) in [4.78, 5) is 16.5. The lowest BCUT2D eigenvalue weighted by atomic mass is 10.1. The summed E-state index contributed by atoms with van der Waals surface area (Å²) in [7, 11) is 0. The zero-order chi connectivity index (χ0) is 17.1. The van der Waals surface area contributed by atoms with Crippen molar-refractivity contribution in [3.63, 3.8) is 0 Å². The summed E-state index contributed by atoms with van der Waals surface area (Å²) in [6.07, 6.45) is 0. The van der Waals surface area contributed by atoms with Gasteiger partial charge in [-0.2, -0.15) is 0 Å². The molecule has 0 saturated carbocycles. The van der Waals surface area contributed by atoms with Crippen LogP contribution in [0.5, 0.6) is 0 Å². The first-order valence-corrected chi connectivity index (χ1v) is 8.80. The number of para-hydroxylation sites is 1. The summed E-state index contributed by atoms with van der Waals surface area (Å²) in [6.45, 7) is 0.341. The smallest absolute Gasteiger partial charge is 0.250 e. The Morgan fingerprint density at radius 2 is 1.80 bits per heavy atom. The standard InChI is InChI=1S/C20H16N2O2S/c23-19(21-16-10-9-14-5-1-2-6-15(14)11-16)12-24-13-20-22-17-7-3-4-8-18(17)25-20/h1-11H,12-13H2,(H,21,23). The fraction of sp³-hybridized carbons (Fsp3) is 0.100. The van der Waals surface area contributed by atoms with Crippen molar-refractivity contribution >= 4 is 43.9 Å². The van der Waals surface area contributed by atoms with Gasteiger partial charge in [-0.1, -0.05) is 42.5 Å². The second-order valence-electron chi connectivity index (χ2n) is 5.68. The van der Waals surface area contributed by atoms with Crippen molar-refractivity contribution in [2.24, 2.45) is 0 Å². The van der Waals surface area contributed by atoms with Crippen LogP contribution in [0, 0.1) is 0 Å². The van der Waals surface area contributed by atoms with Crippen LogP contribution in [0.4, 0.5) is 5.69 Å². The van der Waals surface area contributed by atoms with E-state index in [2.05, 4.69) is 10.3 Å². The number of rotatable bonds is 5. The molecule has 0 aliphatic heterocycles. The molecule has 1 amide bonds. The molecule has 4 aromatic rings. The normalized spacial score (nSPS) is 11.0. The molecule has 4 rings (SSSR count). The van der Waals surface area contributed by atoms with Gasteiger partial charge in [0.25, 0.3) is 0 Å². The van der Waals surface area contributed by atoms with Crippen LogP contribution in [-0.4, -0.2) is 17.5 Å². The molecule has 3 aromatic carbocycles. The van der Waals surface area contributed by atoms with Crippen LogP contribution >= 0.6 is 11.3 Å². The Kier molecular flexibility index (Phi) is 4.41. The van der Waals surface area contributed by atoms with Gasteiger partial charge >= 0.3 is 0 Å². The number of nitrogens with one attached hydrogen (secondary N) is 1. The van der Waals surface area contributed by atoms with Crippen LogP contribution in [-0.2, 0) is 16.1 Å². The second-order valence-corrected chi connectivity index (χ2v) is 6.79. The lowest BCUT2D eigenvalue weighted by Gasteiger charge is -2.07. The summed E-state index contributed by atoms with van der Waals surface area (Å²) in [5.74, 6) is -0.170. The van der Waals surface area contributed by atoms with Gasteiger partial charge in [0.15, 0.2) is 0 Å². The maximum atomic E-state index is 12.1. The lowest BCUT2D eigenvalue weighted by Crippen LogP contribution is -2.18. The van der Waals surface area contributed by atoms with Crippen LogP contribution in [0.2, 0.25) is 0 Å². The minimum atomic E-state index is -0.170. The Bertz CT molecular complexity index is 1010. The molecule has 0 unspecified atom stereocenters. The van der Waals surface area contributed by atoms with Gasteiger partial charge in [-0.25, -0.2) is 4.98 Å². The Morgan fingerprint density at radius 3 is 2.68 bits per heavy atom. The maximum Gasteiger partial charge on any atom is 0.250 e. The van der Waals surface area contributed by atoms with E-state index >= 15 is 0 Å². The van der Waals surface area contributed by atoms with E-state index in [1.165, 1.54) is 0 Å². The number of nitrogens with zero attached hydrogens (tertiary/aromatic N) is 1. The highest BCUT2D eigenvalue weighted by Crippen LogP contribution is 2.22. The average Bonchev–Trinajstić information content (AvgIpc) is 3.04. The van der Waals surface area contributed by atoms with Crippen molar-refractivity contribution in [1.29, 1.82) is 0 Å². The first kappa shape index (κ1) is 15.7. The van der Waals surface area contributed by atoms with E-state index in [0.29, 0.717) is 6.61 Å². The van der Waals surface area contributed by atoms with E-state index in [-0.39, 0.29) is 12.5 Å². The molecule has 25 heavy (non-hydrogen) atoms. The van der Waals surface area contributed by atoms with E-state index in [1.54, 1.807) is 11.3 Å². The zero-order valence-electron chi connectivity index (χ0n) is 13.4. The van der Waals surface area contributed by atoms with E-state index in [9.17, 15) is 4.79 Å². The highest BCUT2D eigenvalue weighted by Gasteiger charge is 2.06. The number of hydrogen-bond donors (Lipinski definition) is 1. The molecule has 0 aliphatic carbocycles. The van der Waals surface area contributed by atoms with Gasteiger partial charge in [-0.3, -0.25) is 4.79 Å². The molecule has 4 nitrogen and oxygen atoms in total. The number of benzene rings is 3. The molecule has 1 heterocycles. The maximum absolute atomic E-state index is 12.1. The zero-order valence-corrected chi connectivity index (χ0v) is 14.3. The summed E-state index contributed by atoms with van der Waals surface area (Å²) in [6, 6.07) is 21.8. The molecule has 1 aromatic heterocycles. The SMILES string of the molecule is O=C(COCc1nc2ccccc2s1)Nc1ccc2ccccc2c1. The Balaban J connectivity index is 1.33. The molecule has 0 fully saturated rings. The van der Waals surface area contributed by atoms with Crippen molar-refractivity contribution < 1.29 is 9.53 Å². The quantitative estimate of drug-likeness (QED) is 0.573. The van der Waals surface area contributed by atoms with Crippen LogP contribution in [0.3, 0.4) is 0 Å². The predicted octanol–water partition coefficient (Wildman–Crippen LogP) is 4.60. The number of thiazole rings is 1. The third-order valence-corrected chi connectivity index (χ3v) is 4.84. The van der Waals surface area contributed by atoms with Crippen LogP contribution in [0.25, 0.3) is 21.0 Å². The third kappa shape index (κ3) is 3.68. The van der Waals surface area contributed by atoms with Gasteiger partial charge in [-0.15, -0.1) is 11.3 Å². The Labute approximate surface area is 149 Å². The second kappa shape index (κ2) is 7.01. The number of anilines is 1. The van der Waals surface area contributed by atoms with Gasteiger partial charge in [0.2, 0.25) is 5.91 Å². The van der Waals surface area contributed by atoms with Crippen LogP contribution in [0.1, 0.15) is 5.01 Å². The van der Waals surface area contributed by atoms with E-state index in [0.717, 1.165) is 31.7 Å². The fourth-order valence-corrected chi connectivity index (χ4v) is 3.58. The van der Waals surface area contributed by atoms with Gasteiger partial charge in [0.05, 0.1) is 16.8 Å². The van der Waals surface area contributed by atoms with Crippen molar-refractivity contribution in [1.82, 2.24) is 4.98 Å². The molecule has 0 spiro atoms. The van der Waals surface area contributed by atoms with Crippen molar-refractivity contribution in [3.05, 3.63) is 71.7 Å². The van der Waals surface area contributed by atoms with Gasteiger partial charge < -0.3 is 10.1 Å². The minimum absolute atomic E-state index is 0.00273. The van der Waals surface area contributed by atoms with E-state index in [1.807, 2.05) is 66.7 Å². The number of aromatic nitrogens is 1. The van der Waals surface area contributed by atoms with Crippen LogP contribution < -0.4 is 5.32 Å². The highest BCUT2D eigenvalue weighted by molar-refractivity contribution is 7.18. The number of fused-ring (bicyclic) bond motifs is 2. The summed E-state index contributed by atoms with van der Waals surface area (Å²) in [5.41, 5.74) is 1.74. The van der Waals surface area contributed by atoms with Gasteiger partial charge in [0.1, 0.15) is 11.6 Å². The molecule has 0 saturated heterocycles. The monoisotopic (exact) mass is 348 g/mol. The minimum Gasteiger partial charge on any atom is -0.364 e. The first-order chi connectivity index (χ1) is 12.3. The van der Waals surface area contributed by atoms with Gasteiger partial charge in [0, 0.05) is 5.69 Å². The predicted molar refractivity (Wildman–Crippen MR) is 102 cm³/mol. The molecule has 124 valence electrons. The number of amides is 1. The van der Waals surface area contributed by atoms with E-state index in [4.69, 9.17) is 4.74 Å². The molecular formula is C20H16N2O2S. The largest absolute Gasteiger partial charge is 0.364 e. The van der Waals surface area contributed by atoms with Crippen molar-refractivity contribution in [2.75, 3.05) is 11.9 Å². The summed E-state index contributed by atoms with van der Waals surface area (Å²) < 4.78 is 6.63. The molecule has 1 N–H and O–H groups in total. The van der Waals surface area contributed by atoms with Gasteiger partial charge in [-0.05, 0) is 35.0 Å². The van der Waals surface area contributed by atoms with Crippen molar-refractivity contribution in [3.8, 4) is 0 Å². The molecular weight excluding hydrogens is 332 g/mol. The summed E-state index contributed by atoms with van der Waals surface area (Å²) >= 11 is 1.59. The molecule has 5 heteroatoms. The lowest BCUT2D eigenvalue weighted by molar-refractivity contribution is -0.121. The Morgan fingerprint density at radius 1 is 1.00 bits per heavy atom. The molecule has 0 radical (unpaired) electrons. The van der Waals surface area contributed by atoms with Crippen LogP contribution in [0.15, 0.2) is 66.7 Å². The van der Waals surface area contributed by atoms with E-state index < -0.39 is 0 Å². The number of carbonyl (C=O) groups is 1. The number of ether oxygens (including phenoxy) is 1. The molecule has 0 atom stereocenters. The Hall–Kier alpha value is -2.76. The molecule has 0 bridgehead atoms. The number of carbonyl (C=O) groups excluding carboxylic acids is 1. The highest BCUT2D eigenvalue weighted by atomic mass is 32.1.